The van der Waals surface area contributed by atoms with Crippen LogP contribution in [0.3, 0.4) is 0 Å². The van der Waals surface area contributed by atoms with E-state index < -0.39 is 0 Å². The molecule has 0 bridgehead atoms. The van der Waals surface area contributed by atoms with E-state index in [4.69, 9.17) is 5.84 Å². The number of imidazole rings is 1. The summed E-state index contributed by atoms with van der Waals surface area (Å²) < 4.78 is 15.1. The molecule has 0 saturated carbocycles. The highest BCUT2D eigenvalue weighted by Crippen LogP contribution is 2.10. The lowest BCUT2D eigenvalue weighted by molar-refractivity contribution is 0.482. The van der Waals surface area contributed by atoms with Crippen LogP contribution in [0, 0.1) is 5.82 Å². The highest BCUT2D eigenvalue weighted by molar-refractivity contribution is 5.17. The maximum atomic E-state index is 13.1. The van der Waals surface area contributed by atoms with E-state index in [9.17, 15) is 4.39 Å². The van der Waals surface area contributed by atoms with Crippen LogP contribution in [0.15, 0.2) is 36.7 Å². The van der Waals surface area contributed by atoms with Crippen molar-refractivity contribution in [3.05, 3.63) is 53.9 Å². The number of halogens is 1. The topological polar surface area (TPSA) is 55.9 Å². The molecule has 5 heteroatoms. The molecule has 0 spiro atoms. The van der Waals surface area contributed by atoms with E-state index in [-0.39, 0.29) is 11.9 Å². The van der Waals surface area contributed by atoms with Gasteiger partial charge in [-0.1, -0.05) is 12.1 Å². The molecule has 19 heavy (non-hydrogen) atoms. The van der Waals surface area contributed by atoms with Crippen LogP contribution in [-0.2, 0) is 19.9 Å². The minimum atomic E-state index is -0.211. The van der Waals surface area contributed by atoms with E-state index in [1.165, 1.54) is 6.07 Å². The average molecular weight is 262 g/mol. The molecule has 4 nitrogen and oxygen atoms in total. The number of nitrogens with zero attached hydrogens (tertiary/aromatic N) is 2. The molecule has 1 heterocycles. The molecule has 1 aromatic carbocycles. The van der Waals surface area contributed by atoms with Gasteiger partial charge in [-0.05, 0) is 30.5 Å². The van der Waals surface area contributed by atoms with Gasteiger partial charge < -0.3 is 4.57 Å². The van der Waals surface area contributed by atoms with Gasteiger partial charge in [-0.2, -0.15) is 0 Å². The summed E-state index contributed by atoms with van der Waals surface area (Å²) in [6.45, 7) is 0. The molecule has 0 aliphatic rings. The van der Waals surface area contributed by atoms with Gasteiger partial charge in [0.25, 0.3) is 0 Å². The standard InChI is InChI=1S/C14H19FN4/c1-19-8-7-17-14(19)6-5-13(18-16)10-11-3-2-4-12(15)9-11/h2-4,7-9,13,18H,5-6,10,16H2,1H3. The Morgan fingerprint density at radius 3 is 2.95 bits per heavy atom. The minimum Gasteiger partial charge on any atom is -0.338 e. The first-order chi connectivity index (χ1) is 9.19. The fraction of sp³-hybridized carbons (Fsp3) is 0.357. The number of rotatable bonds is 6. The summed E-state index contributed by atoms with van der Waals surface area (Å²) in [5.74, 6) is 6.38. The van der Waals surface area contributed by atoms with Crippen molar-refractivity contribution in [1.29, 1.82) is 0 Å². The number of nitrogens with two attached hydrogens (primary N) is 1. The van der Waals surface area contributed by atoms with Crippen molar-refractivity contribution in [2.75, 3.05) is 0 Å². The second-order valence-electron chi connectivity index (χ2n) is 4.69. The second-order valence-corrected chi connectivity index (χ2v) is 4.69. The summed E-state index contributed by atoms with van der Waals surface area (Å²) in [4.78, 5) is 4.28. The summed E-state index contributed by atoms with van der Waals surface area (Å²) in [5, 5.41) is 0. The number of hydrogen-bond donors (Lipinski definition) is 2. The van der Waals surface area contributed by atoms with Crippen LogP contribution in [0.4, 0.5) is 4.39 Å². The van der Waals surface area contributed by atoms with Crippen LogP contribution in [0.2, 0.25) is 0 Å². The summed E-state index contributed by atoms with van der Waals surface area (Å²) in [7, 11) is 1.97. The number of aryl methyl sites for hydroxylation is 2. The summed E-state index contributed by atoms with van der Waals surface area (Å²) >= 11 is 0. The average Bonchev–Trinajstić information content (AvgIpc) is 2.80. The lowest BCUT2D eigenvalue weighted by atomic mass is 10.0. The van der Waals surface area contributed by atoms with Crippen molar-refractivity contribution in [2.24, 2.45) is 12.9 Å². The number of hydrazine groups is 1. The highest BCUT2D eigenvalue weighted by atomic mass is 19.1. The zero-order valence-electron chi connectivity index (χ0n) is 11.0. The van der Waals surface area contributed by atoms with Gasteiger partial charge in [-0.15, -0.1) is 0 Å². The van der Waals surface area contributed by atoms with Crippen molar-refractivity contribution < 1.29 is 4.39 Å². The fourth-order valence-electron chi connectivity index (χ4n) is 2.13. The van der Waals surface area contributed by atoms with Gasteiger partial charge in [0, 0.05) is 31.9 Å². The van der Waals surface area contributed by atoms with Crippen molar-refractivity contribution >= 4 is 0 Å². The van der Waals surface area contributed by atoms with Gasteiger partial charge in [0.15, 0.2) is 0 Å². The first-order valence-corrected chi connectivity index (χ1v) is 6.36. The van der Waals surface area contributed by atoms with E-state index in [2.05, 4.69) is 10.4 Å². The van der Waals surface area contributed by atoms with E-state index in [0.717, 1.165) is 24.2 Å². The molecule has 0 amide bonds. The summed E-state index contributed by atoms with van der Waals surface area (Å²) in [6.07, 6.45) is 6.11. The number of nitrogens with one attached hydrogen (secondary N) is 1. The fourth-order valence-corrected chi connectivity index (χ4v) is 2.13. The molecule has 0 aliphatic heterocycles. The van der Waals surface area contributed by atoms with Crippen molar-refractivity contribution in [1.82, 2.24) is 15.0 Å². The molecule has 3 N–H and O–H groups in total. The SMILES string of the molecule is Cn1ccnc1CCC(Cc1cccc(F)c1)NN. The molecular weight excluding hydrogens is 243 g/mol. The van der Waals surface area contributed by atoms with Crippen LogP contribution in [0.1, 0.15) is 17.8 Å². The molecule has 0 fully saturated rings. The third-order valence-electron chi connectivity index (χ3n) is 3.24. The Morgan fingerprint density at radius 2 is 2.32 bits per heavy atom. The molecule has 0 aliphatic carbocycles. The van der Waals surface area contributed by atoms with Crippen molar-refractivity contribution in [3.8, 4) is 0 Å². The monoisotopic (exact) mass is 262 g/mol. The van der Waals surface area contributed by atoms with Crippen molar-refractivity contribution in [2.45, 2.75) is 25.3 Å². The van der Waals surface area contributed by atoms with Crippen LogP contribution in [-0.4, -0.2) is 15.6 Å². The van der Waals surface area contributed by atoms with Crippen molar-refractivity contribution in [3.63, 3.8) is 0 Å². The Morgan fingerprint density at radius 1 is 1.47 bits per heavy atom. The maximum absolute atomic E-state index is 13.1. The van der Waals surface area contributed by atoms with Crippen LogP contribution < -0.4 is 11.3 Å². The second kappa shape index (κ2) is 6.45. The smallest absolute Gasteiger partial charge is 0.123 e. The van der Waals surface area contributed by atoms with Gasteiger partial charge in [0.05, 0.1) is 0 Å². The molecule has 0 radical (unpaired) electrons. The van der Waals surface area contributed by atoms with E-state index in [0.29, 0.717) is 6.42 Å². The van der Waals surface area contributed by atoms with E-state index in [1.807, 2.05) is 23.9 Å². The summed E-state index contributed by atoms with van der Waals surface area (Å²) in [5.41, 5.74) is 3.74. The van der Waals surface area contributed by atoms with Gasteiger partial charge in [-0.3, -0.25) is 11.3 Å². The van der Waals surface area contributed by atoms with Gasteiger partial charge >= 0.3 is 0 Å². The third-order valence-corrected chi connectivity index (χ3v) is 3.24. The van der Waals surface area contributed by atoms with Crippen LogP contribution in [0.5, 0.6) is 0 Å². The van der Waals surface area contributed by atoms with Crippen LogP contribution in [0.25, 0.3) is 0 Å². The molecule has 1 atom stereocenters. The largest absolute Gasteiger partial charge is 0.338 e. The zero-order valence-corrected chi connectivity index (χ0v) is 11.0. The molecule has 1 aromatic heterocycles. The third kappa shape index (κ3) is 3.87. The Kier molecular flexibility index (Phi) is 4.65. The molecule has 1 unspecified atom stereocenters. The number of aromatic nitrogens is 2. The number of hydrogen-bond acceptors (Lipinski definition) is 3. The minimum absolute atomic E-state index is 0.110. The van der Waals surface area contributed by atoms with Crippen LogP contribution >= 0.6 is 0 Å². The lowest BCUT2D eigenvalue weighted by Gasteiger charge is -2.15. The summed E-state index contributed by atoms with van der Waals surface area (Å²) in [6, 6.07) is 6.73. The Hall–Kier alpha value is -1.72. The Balaban J connectivity index is 1.92. The molecule has 0 saturated heterocycles. The number of benzene rings is 1. The first kappa shape index (κ1) is 13.7. The van der Waals surface area contributed by atoms with E-state index >= 15 is 0 Å². The first-order valence-electron chi connectivity index (χ1n) is 6.36. The van der Waals surface area contributed by atoms with Gasteiger partial charge in [0.2, 0.25) is 0 Å². The molecule has 2 rings (SSSR count). The normalized spacial score (nSPS) is 12.6. The molecule has 2 aromatic rings. The Bertz CT molecular complexity index is 524. The predicted molar refractivity (Wildman–Crippen MR) is 72.7 cm³/mol. The van der Waals surface area contributed by atoms with Gasteiger partial charge in [-0.25, -0.2) is 9.37 Å². The molecular formula is C14H19FN4. The predicted octanol–water partition coefficient (Wildman–Crippen LogP) is 1.57. The zero-order chi connectivity index (χ0) is 13.7. The Labute approximate surface area is 112 Å². The highest BCUT2D eigenvalue weighted by Gasteiger charge is 2.10. The van der Waals surface area contributed by atoms with Gasteiger partial charge in [0.1, 0.15) is 11.6 Å². The molecule has 102 valence electrons. The quantitative estimate of drug-likeness (QED) is 0.613. The van der Waals surface area contributed by atoms with E-state index in [1.54, 1.807) is 18.3 Å². The lowest BCUT2D eigenvalue weighted by Crippen LogP contribution is -2.37. The maximum Gasteiger partial charge on any atom is 0.123 e.